The van der Waals surface area contributed by atoms with Crippen molar-refractivity contribution < 1.29 is 17.9 Å². The Labute approximate surface area is 152 Å². The molecule has 2 rings (SSSR count). The standard InChI is InChI=1S/C17H19ClN2O4S/c1-12(17(21)19-15-6-4-5-7-16(15)24-2)20(25(3,22)23)14-10-8-13(18)9-11-14/h4-12H,1-3H3,(H,19,21)/t12-/m1/s1. The maximum atomic E-state index is 12.6. The van der Waals surface area contributed by atoms with Crippen LogP contribution in [0.4, 0.5) is 11.4 Å². The molecule has 2 aromatic carbocycles. The van der Waals surface area contributed by atoms with Crippen molar-refractivity contribution in [3.05, 3.63) is 53.6 Å². The van der Waals surface area contributed by atoms with Crippen molar-refractivity contribution in [3.8, 4) is 5.75 Å². The molecule has 0 saturated heterocycles. The highest BCUT2D eigenvalue weighted by molar-refractivity contribution is 7.92. The molecule has 1 atom stereocenters. The number of benzene rings is 2. The van der Waals surface area contributed by atoms with Crippen molar-refractivity contribution in [2.75, 3.05) is 23.0 Å². The lowest BCUT2D eigenvalue weighted by Gasteiger charge is -2.28. The number of amides is 1. The Hall–Kier alpha value is -2.25. The Morgan fingerprint density at radius 1 is 1.16 bits per heavy atom. The van der Waals surface area contributed by atoms with Gasteiger partial charge in [0.2, 0.25) is 15.9 Å². The summed E-state index contributed by atoms with van der Waals surface area (Å²) in [4.78, 5) is 12.6. The minimum atomic E-state index is -3.68. The molecule has 1 N–H and O–H groups in total. The summed E-state index contributed by atoms with van der Waals surface area (Å²) in [5.74, 6) is 0.00493. The van der Waals surface area contributed by atoms with E-state index in [0.717, 1.165) is 10.6 Å². The molecule has 134 valence electrons. The molecule has 0 aliphatic rings. The van der Waals surface area contributed by atoms with Crippen LogP contribution < -0.4 is 14.4 Å². The predicted octanol–water partition coefficient (Wildman–Crippen LogP) is 3.14. The van der Waals surface area contributed by atoms with E-state index in [2.05, 4.69) is 5.32 Å². The first-order valence-corrected chi connectivity index (χ1v) is 9.65. The van der Waals surface area contributed by atoms with Crippen molar-refractivity contribution in [2.24, 2.45) is 0 Å². The van der Waals surface area contributed by atoms with E-state index in [9.17, 15) is 13.2 Å². The SMILES string of the molecule is COc1ccccc1NC(=O)[C@@H](C)N(c1ccc(Cl)cc1)S(C)(=O)=O. The van der Waals surface area contributed by atoms with Gasteiger partial charge >= 0.3 is 0 Å². The molecule has 0 bridgehead atoms. The second-order valence-corrected chi connectivity index (χ2v) is 7.70. The summed E-state index contributed by atoms with van der Waals surface area (Å²) in [5.41, 5.74) is 0.820. The van der Waals surface area contributed by atoms with Crippen LogP contribution in [0, 0.1) is 0 Å². The van der Waals surface area contributed by atoms with Crippen LogP contribution in [0.15, 0.2) is 48.5 Å². The van der Waals surface area contributed by atoms with Gasteiger partial charge in [0.15, 0.2) is 0 Å². The van der Waals surface area contributed by atoms with E-state index in [4.69, 9.17) is 16.3 Å². The zero-order valence-electron chi connectivity index (χ0n) is 14.1. The quantitative estimate of drug-likeness (QED) is 0.832. The number of halogens is 1. The van der Waals surface area contributed by atoms with Crippen LogP contribution in [0.5, 0.6) is 5.75 Å². The third-order valence-electron chi connectivity index (χ3n) is 3.53. The van der Waals surface area contributed by atoms with Crippen LogP contribution in [0.1, 0.15) is 6.92 Å². The number of carbonyl (C=O) groups is 1. The van der Waals surface area contributed by atoms with Crippen molar-refractivity contribution in [1.29, 1.82) is 0 Å². The zero-order chi connectivity index (χ0) is 18.6. The van der Waals surface area contributed by atoms with E-state index in [0.29, 0.717) is 22.1 Å². The van der Waals surface area contributed by atoms with Crippen LogP contribution in [0.2, 0.25) is 5.02 Å². The molecule has 8 heteroatoms. The maximum Gasteiger partial charge on any atom is 0.248 e. The molecule has 0 saturated carbocycles. The van der Waals surface area contributed by atoms with E-state index >= 15 is 0 Å². The molecule has 6 nitrogen and oxygen atoms in total. The number of hydrogen-bond donors (Lipinski definition) is 1. The van der Waals surface area contributed by atoms with Gasteiger partial charge in [0.05, 0.1) is 24.7 Å². The largest absolute Gasteiger partial charge is 0.495 e. The first-order valence-electron chi connectivity index (χ1n) is 7.43. The lowest BCUT2D eigenvalue weighted by Crippen LogP contribution is -2.45. The van der Waals surface area contributed by atoms with Gasteiger partial charge in [-0.25, -0.2) is 8.42 Å². The van der Waals surface area contributed by atoms with Gasteiger partial charge in [-0.1, -0.05) is 23.7 Å². The fourth-order valence-electron chi connectivity index (χ4n) is 2.38. The molecular formula is C17H19ClN2O4S. The van der Waals surface area contributed by atoms with Crippen molar-refractivity contribution in [3.63, 3.8) is 0 Å². The molecule has 1 amide bonds. The minimum Gasteiger partial charge on any atom is -0.495 e. The van der Waals surface area contributed by atoms with Crippen LogP contribution in [0.3, 0.4) is 0 Å². The normalized spacial score (nSPS) is 12.3. The number of anilines is 2. The van der Waals surface area contributed by atoms with E-state index in [1.165, 1.54) is 14.0 Å². The van der Waals surface area contributed by atoms with E-state index in [1.54, 1.807) is 48.5 Å². The number of carbonyl (C=O) groups excluding carboxylic acids is 1. The van der Waals surface area contributed by atoms with Gasteiger partial charge in [0.25, 0.3) is 0 Å². The number of ether oxygens (including phenoxy) is 1. The molecule has 0 aliphatic heterocycles. The number of methoxy groups -OCH3 is 1. The van der Waals surface area contributed by atoms with Crippen LogP contribution in [-0.4, -0.2) is 33.7 Å². The molecule has 0 spiro atoms. The molecule has 0 radical (unpaired) electrons. The highest BCUT2D eigenvalue weighted by Crippen LogP contribution is 2.26. The average molecular weight is 383 g/mol. The lowest BCUT2D eigenvalue weighted by atomic mass is 10.2. The van der Waals surface area contributed by atoms with Gasteiger partial charge in [-0.15, -0.1) is 0 Å². The van der Waals surface area contributed by atoms with E-state index in [-0.39, 0.29) is 0 Å². The van der Waals surface area contributed by atoms with Gasteiger partial charge in [-0.05, 0) is 43.3 Å². The molecule has 2 aromatic rings. The van der Waals surface area contributed by atoms with Crippen LogP contribution in [0.25, 0.3) is 0 Å². The summed E-state index contributed by atoms with van der Waals surface area (Å²) < 4.78 is 30.7. The summed E-state index contributed by atoms with van der Waals surface area (Å²) in [6.45, 7) is 1.51. The fraction of sp³-hybridized carbons (Fsp3) is 0.235. The average Bonchev–Trinajstić information content (AvgIpc) is 2.56. The third-order valence-corrected chi connectivity index (χ3v) is 5.03. The molecule has 0 aromatic heterocycles. The van der Waals surface area contributed by atoms with Crippen molar-refractivity contribution in [1.82, 2.24) is 0 Å². The second-order valence-electron chi connectivity index (χ2n) is 5.40. The number of hydrogen-bond acceptors (Lipinski definition) is 4. The predicted molar refractivity (Wildman–Crippen MR) is 99.9 cm³/mol. The molecule has 0 aliphatic carbocycles. The van der Waals surface area contributed by atoms with Crippen molar-refractivity contribution in [2.45, 2.75) is 13.0 Å². The Morgan fingerprint density at radius 3 is 2.32 bits per heavy atom. The van der Waals surface area contributed by atoms with Crippen LogP contribution in [-0.2, 0) is 14.8 Å². The first kappa shape index (κ1) is 19.1. The summed E-state index contributed by atoms with van der Waals surface area (Å²) in [6, 6.07) is 12.2. The van der Waals surface area contributed by atoms with E-state index in [1.807, 2.05) is 0 Å². The van der Waals surface area contributed by atoms with Gasteiger partial charge in [0, 0.05) is 5.02 Å². The first-order chi connectivity index (χ1) is 11.7. The zero-order valence-corrected chi connectivity index (χ0v) is 15.6. The summed E-state index contributed by atoms with van der Waals surface area (Å²) in [6.07, 6.45) is 1.05. The van der Waals surface area contributed by atoms with Gasteiger partial charge in [-0.2, -0.15) is 0 Å². The third kappa shape index (κ3) is 4.64. The molecule has 0 fully saturated rings. The Balaban J connectivity index is 2.31. The van der Waals surface area contributed by atoms with Crippen LogP contribution >= 0.6 is 11.6 Å². The summed E-state index contributed by atoms with van der Waals surface area (Å²) >= 11 is 5.85. The Bertz CT molecular complexity index is 853. The maximum absolute atomic E-state index is 12.6. The molecular weight excluding hydrogens is 364 g/mol. The number of para-hydroxylation sites is 2. The highest BCUT2D eigenvalue weighted by atomic mass is 35.5. The molecule has 25 heavy (non-hydrogen) atoms. The van der Waals surface area contributed by atoms with Crippen molar-refractivity contribution >= 4 is 38.9 Å². The Morgan fingerprint density at radius 2 is 1.76 bits per heavy atom. The number of nitrogens with one attached hydrogen (secondary N) is 1. The number of rotatable bonds is 6. The summed E-state index contributed by atoms with van der Waals surface area (Å²) in [5, 5.41) is 3.17. The monoisotopic (exact) mass is 382 g/mol. The Kier molecular flexibility index (Phi) is 5.92. The topological polar surface area (TPSA) is 75.7 Å². The molecule has 0 unspecified atom stereocenters. The number of nitrogens with zero attached hydrogens (tertiary/aromatic N) is 1. The smallest absolute Gasteiger partial charge is 0.248 e. The highest BCUT2D eigenvalue weighted by Gasteiger charge is 2.29. The van der Waals surface area contributed by atoms with Gasteiger partial charge in [-0.3, -0.25) is 9.10 Å². The molecule has 0 heterocycles. The van der Waals surface area contributed by atoms with E-state index < -0.39 is 22.0 Å². The fourth-order valence-corrected chi connectivity index (χ4v) is 3.68. The lowest BCUT2D eigenvalue weighted by molar-refractivity contribution is -0.116. The summed E-state index contributed by atoms with van der Waals surface area (Å²) in [7, 11) is -2.19. The minimum absolute atomic E-state index is 0.356. The second kappa shape index (κ2) is 7.76. The van der Waals surface area contributed by atoms with Gasteiger partial charge < -0.3 is 10.1 Å². The van der Waals surface area contributed by atoms with Gasteiger partial charge in [0.1, 0.15) is 11.8 Å². The number of sulfonamides is 1.